The number of aliphatic hydroxyl groups is 1. The average molecular weight is 223 g/mol. The molecule has 0 aromatic rings. The van der Waals surface area contributed by atoms with Gasteiger partial charge in [-0.15, -0.1) is 0 Å². The third-order valence-corrected chi connectivity index (χ3v) is 4.28. The van der Waals surface area contributed by atoms with Crippen LogP contribution in [0.15, 0.2) is 0 Å². The van der Waals surface area contributed by atoms with E-state index in [1.54, 1.807) is 0 Å². The molecule has 1 unspecified atom stereocenters. The van der Waals surface area contributed by atoms with E-state index in [4.69, 9.17) is 0 Å². The van der Waals surface area contributed by atoms with Crippen LogP contribution in [0.2, 0.25) is 0 Å². The Morgan fingerprint density at radius 3 is 2.00 bits per heavy atom. The van der Waals surface area contributed by atoms with Crippen molar-refractivity contribution in [2.75, 3.05) is 0 Å². The van der Waals surface area contributed by atoms with E-state index in [0.717, 1.165) is 38.5 Å². The predicted molar refractivity (Wildman–Crippen MR) is 65.8 cm³/mol. The van der Waals surface area contributed by atoms with Gasteiger partial charge in [0.15, 0.2) is 0 Å². The van der Waals surface area contributed by atoms with Crippen LogP contribution in [0.25, 0.3) is 0 Å². The minimum absolute atomic E-state index is 0.290. The van der Waals surface area contributed by atoms with Crippen molar-refractivity contribution < 1.29 is 5.11 Å². The number of nitrogens with zero attached hydrogens (tertiary/aromatic N) is 1. The van der Waals surface area contributed by atoms with Crippen LogP contribution < -0.4 is 0 Å². The summed E-state index contributed by atoms with van der Waals surface area (Å²) in [5.74, 6) is 0.290. The summed E-state index contributed by atoms with van der Waals surface area (Å²) in [6.45, 7) is 4.22. The van der Waals surface area contributed by atoms with Crippen LogP contribution in [-0.2, 0) is 0 Å². The van der Waals surface area contributed by atoms with Gasteiger partial charge in [-0.1, -0.05) is 52.4 Å². The Labute approximate surface area is 99.7 Å². The molecule has 0 aromatic carbocycles. The molecule has 1 rings (SSSR count). The van der Waals surface area contributed by atoms with E-state index >= 15 is 0 Å². The zero-order valence-electron chi connectivity index (χ0n) is 10.7. The first kappa shape index (κ1) is 13.5. The second kappa shape index (κ2) is 6.25. The van der Waals surface area contributed by atoms with Crippen molar-refractivity contribution in [1.82, 2.24) is 0 Å². The van der Waals surface area contributed by atoms with Crippen LogP contribution in [-0.4, -0.2) is 11.2 Å². The summed E-state index contributed by atoms with van der Waals surface area (Å²) in [6, 6.07) is 2.46. The van der Waals surface area contributed by atoms with Gasteiger partial charge in [-0.25, -0.2) is 0 Å². The smallest absolute Gasteiger partial charge is 0.0835 e. The number of hydrogen-bond donors (Lipinski definition) is 1. The van der Waals surface area contributed by atoms with Gasteiger partial charge in [0.25, 0.3) is 0 Å². The minimum Gasteiger partial charge on any atom is -0.391 e. The van der Waals surface area contributed by atoms with E-state index in [0.29, 0.717) is 0 Å². The minimum atomic E-state index is -0.451. The lowest BCUT2D eigenvalue weighted by Gasteiger charge is -2.35. The number of aliphatic hydroxyl groups excluding tert-OH is 1. The maximum absolute atomic E-state index is 10.5. The highest BCUT2D eigenvalue weighted by Gasteiger charge is 2.41. The number of hydrogen-bond acceptors (Lipinski definition) is 2. The first-order valence-corrected chi connectivity index (χ1v) is 6.79. The molecule has 1 saturated carbocycles. The Bertz CT molecular complexity index is 232. The first-order chi connectivity index (χ1) is 7.70. The molecule has 92 valence electrons. The highest BCUT2D eigenvalue weighted by Crippen LogP contribution is 2.41. The molecule has 1 N–H and O–H groups in total. The molecule has 0 amide bonds. The van der Waals surface area contributed by atoms with Gasteiger partial charge in [0, 0.05) is 0 Å². The molecule has 1 atom stereocenters. The molecule has 0 aromatic heterocycles. The molecule has 2 nitrogen and oxygen atoms in total. The van der Waals surface area contributed by atoms with E-state index < -0.39 is 11.5 Å². The predicted octanol–water partition coefficient (Wildman–Crippen LogP) is 3.65. The summed E-state index contributed by atoms with van der Waals surface area (Å²) < 4.78 is 0. The number of rotatable bonds is 4. The van der Waals surface area contributed by atoms with Crippen LogP contribution in [0.4, 0.5) is 0 Å². The molecule has 1 aliphatic carbocycles. The molecule has 1 aliphatic rings. The van der Waals surface area contributed by atoms with Crippen molar-refractivity contribution in [2.45, 2.75) is 71.3 Å². The van der Waals surface area contributed by atoms with Gasteiger partial charge >= 0.3 is 0 Å². The molecule has 0 bridgehead atoms. The SMILES string of the molecule is CCC(CC)C(O)C1(C#N)CCCCCC1. The zero-order chi connectivity index (χ0) is 12.0. The highest BCUT2D eigenvalue weighted by atomic mass is 16.3. The van der Waals surface area contributed by atoms with Crippen molar-refractivity contribution in [2.24, 2.45) is 11.3 Å². The largest absolute Gasteiger partial charge is 0.391 e. The Balaban J connectivity index is 2.80. The second-order valence-corrected chi connectivity index (χ2v) is 5.20. The maximum atomic E-state index is 10.5. The summed E-state index contributed by atoms with van der Waals surface area (Å²) in [7, 11) is 0. The third kappa shape index (κ3) is 2.77. The van der Waals surface area contributed by atoms with Crippen LogP contribution in [0.5, 0.6) is 0 Å². The van der Waals surface area contributed by atoms with Gasteiger partial charge in [0.2, 0.25) is 0 Å². The molecule has 0 spiro atoms. The Kier molecular flexibility index (Phi) is 5.28. The fourth-order valence-corrected chi connectivity index (χ4v) is 3.02. The summed E-state index contributed by atoms with van der Waals surface area (Å²) in [6.07, 6.45) is 7.95. The molecule has 2 heteroatoms. The van der Waals surface area contributed by atoms with E-state index in [-0.39, 0.29) is 5.92 Å². The molecule has 16 heavy (non-hydrogen) atoms. The van der Waals surface area contributed by atoms with Crippen LogP contribution >= 0.6 is 0 Å². The van der Waals surface area contributed by atoms with Crippen molar-refractivity contribution in [1.29, 1.82) is 5.26 Å². The van der Waals surface area contributed by atoms with Crippen molar-refractivity contribution in [3.8, 4) is 6.07 Å². The van der Waals surface area contributed by atoms with Crippen LogP contribution in [0.3, 0.4) is 0 Å². The van der Waals surface area contributed by atoms with E-state index in [2.05, 4.69) is 19.9 Å². The second-order valence-electron chi connectivity index (χ2n) is 5.20. The van der Waals surface area contributed by atoms with Crippen molar-refractivity contribution in [3.63, 3.8) is 0 Å². The molecule has 0 heterocycles. The lowest BCUT2D eigenvalue weighted by atomic mass is 9.71. The van der Waals surface area contributed by atoms with Gasteiger partial charge in [-0.2, -0.15) is 5.26 Å². The van der Waals surface area contributed by atoms with E-state index in [1.807, 2.05) is 0 Å². The molecule has 1 fully saturated rings. The Hall–Kier alpha value is -0.550. The summed E-state index contributed by atoms with van der Waals surface area (Å²) >= 11 is 0. The van der Waals surface area contributed by atoms with Crippen molar-refractivity contribution in [3.05, 3.63) is 0 Å². The molecule has 0 saturated heterocycles. The standard InChI is InChI=1S/C14H25NO/c1-3-12(4-2)13(16)14(11-15)9-7-5-6-8-10-14/h12-13,16H,3-10H2,1-2H3. The topological polar surface area (TPSA) is 44.0 Å². The first-order valence-electron chi connectivity index (χ1n) is 6.79. The van der Waals surface area contributed by atoms with Gasteiger partial charge in [-0.3, -0.25) is 0 Å². The summed E-state index contributed by atoms with van der Waals surface area (Å²) in [5.41, 5.74) is -0.451. The quantitative estimate of drug-likeness (QED) is 0.739. The summed E-state index contributed by atoms with van der Waals surface area (Å²) in [4.78, 5) is 0. The molecule has 0 radical (unpaired) electrons. The highest BCUT2D eigenvalue weighted by molar-refractivity contribution is 5.05. The molecular weight excluding hydrogens is 198 g/mol. The maximum Gasteiger partial charge on any atom is 0.0835 e. The lowest BCUT2D eigenvalue weighted by Crippen LogP contribution is -2.39. The van der Waals surface area contributed by atoms with E-state index in [1.165, 1.54) is 12.8 Å². The number of nitriles is 1. The van der Waals surface area contributed by atoms with E-state index in [9.17, 15) is 10.4 Å². The Morgan fingerprint density at radius 2 is 1.62 bits per heavy atom. The van der Waals surface area contributed by atoms with Crippen LogP contribution in [0, 0.1) is 22.7 Å². The van der Waals surface area contributed by atoms with Crippen LogP contribution in [0.1, 0.15) is 65.2 Å². The lowest BCUT2D eigenvalue weighted by molar-refractivity contribution is 0.00119. The molecule has 0 aliphatic heterocycles. The monoisotopic (exact) mass is 223 g/mol. The Morgan fingerprint density at radius 1 is 1.12 bits per heavy atom. The zero-order valence-corrected chi connectivity index (χ0v) is 10.7. The van der Waals surface area contributed by atoms with Crippen molar-refractivity contribution >= 4 is 0 Å². The normalized spacial score (nSPS) is 22.4. The van der Waals surface area contributed by atoms with Gasteiger partial charge in [-0.05, 0) is 18.8 Å². The third-order valence-electron chi connectivity index (χ3n) is 4.28. The fourth-order valence-electron chi connectivity index (χ4n) is 3.02. The fraction of sp³-hybridized carbons (Fsp3) is 0.929. The van der Waals surface area contributed by atoms with Gasteiger partial charge in [0.05, 0.1) is 17.6 Å². The van der Waals surface area contributed by atoms with Gasteiger partial charge in [0.1, 0.15) is 0 Å². The van der Waals surface area contributed by atoms with Gasteiger partial charge < -0.3 is 5.11 Å². The average Bonchev–Trinajstić information content (AvgIpc) is 2.56. The molecular formula is C14H25NO. The summed E-state index contributed by atoms with van der Waals surface area (Å²) in [5, 5.41) is 20.0.